The molecule has 4 nitrogen and oxygen atoms in total. The van der Waals surface area contributed by atoms with Crippen LogP contribution in [-0.4, -0.2) is 62.6 Å². The highest BCUT2D eigenvalue weighted by Gasteiger charge is 2.14. The van der Waals surface area contributed by atoms with Gasteiger partial charge in [-0.05, 0) is 52.5 Å². The molecular formula is C16H20N2O2S2. The number of hydrogen-bond acceptors (Lipinski definition) is 6. The third kappa shape index (κ3) is 4.33. The number of ketones is 2. The van der Waals surface area contributed by atoms with Crippen LogP contribution in [0.25, 0.3) is 9.75 Å². The first-order valence-electron chi connectivity index (χ1n) is 6.92. The molecule has 0 unspecified atom stereocenters. The molecule has 0 aliphatic rings. The molecule has 2 aromatic rings. The quantitative estimate of drug-likeness (QED) is 0.729. The summed E-state index contributed by atoms with van der Waals surface area (Å²) in [5.74, 6) is 0.253. The van der Waals surface area contributed by atoms with E-state index >= 15 is 0 Å². The van der Waals surface area contributed by atoms with Gasteiger partial charge in [-0.1, -0.05) is 0 Å². The molecule has 0 radical (unpaired) electrons. The molecule has 6 heteroatoms. The molecular weight excluding hydrogens is 316 g/mol. The molecule has 118 valence electrons. The molecule has 2 rings (SSSR count). The van der Waals surface area contributed by atoms with Gasteiger partial charge in [-0.25, -0.2) is 0 Å². The Labute approximate surface area is 139 Å². The van der Waals surface area contributed by atoms with E-state index < -0.39 is 0 Å². The average molecular weight is 336 g/mol. The first kappa shape index (κ1) is 17.0. The normalized spacial score (nSPS) is 11.4. The Kier molecular flexibility index (Phi) is 5.63. The number of carbonyl (C=O) groups excluding carboxylic acids is 2. The number of likely N-dealkylation sites (N-methyl/N-ethyl adjacent to an activating group) is 2. The van der Waals surface area contributed by atoms with Crippen molar-refractivity contribution in [3.63, 3.8) is 0 Å². The van der Waals surface area contributed by atoms with Crippen molar-refractivity contribution in [3.8, 4) is 9.75 Å². The van der Waals surface area contributed by atoms with E-state index in [0.29, 0.717) is 13.1 Å². The molecule has 0 spiro atoms. The maximum atomic E-state index is 12.0. The first-order chi connectivity index (χ1) is 10.4. The SMILES string of the molecule is CN(C)CC(=O)c1ccc(-c2ccc(C(=O)CN(C)C)s2)s1. The highest BCUT2D eigenvalue weighted by molar-refractivity contribution is 7.23. The van der Waals surface area contributed by atoms with Crippen LogP contribution < -0.4 is 0 Å². The second-order valence-corrected chi connectivity index (χ2v) is 7.82. The van der Waals surface area contributed by atoms with E-state index in [4.69, 9.17) is 0 Å². The van der Waals surface area contributed by atoms with E-state index in [1.807, 2.05) is 62.3 Å². The monoisotopic (exact) mass is 336 g/mol. The van der Waals surface area contributed by atoms with Gasteiger partial charge < -0.3 is 9.80 Å². The molecule has 0 N–H and O–H groups in total. The van der Waals surface area contributed by atoms with E-state index in [9.17, 15) is 9.59 Å². The number of Topliss-reactive ketones (excluding diaryl/α,β-unsaturated/α-hetero) is 2. The van der Waals surface area contributed by atoms with Crippen LogP contribution >= 0.6 is 22.7 Å². The summed E-state index contributed by atoms with van der Waals surface area (Å²) in [4.78, 5) is 31.4. The lowest BCUT2D eigenvalue weighted by molar-refractivity contribution is 0.0953. The average Bonchev–Trinajstić information content (AvgIpc) is 3.06. The summed E-state index contributed by atoms with van der Waals surface area (Å²) in [6, 6.07) is 7.65. The molecule has 2 heterocycles. The summed E-state index contributed by atoms with van der Waals surface area (Å²) in [7, 11) is 7.53. The smallest absolute Gasteiger partial charge is 0.186 e. The van der Waals surface area contributed by atoms with Gasteiger partial charge in [-0.3, -0.25) is 9.59 Å². The van der Waals surface area contributed by atoms with E-state index in [1.54, 1.807) is 0 Å². The summed E-state index contributed by atoms with van der Waals surface area (Å²) in [5, 5.41) is 0. The highest BCUT2D eigenvalue weighted by Crippen LogP contribution is 2.34. The Morgan fingerprint density at radius 1 is 0.773 bits per heavy atom. The minimum atomic E-state index is 0.127. The van der Waals surface area contributed by atoms with E-state index in [0.717, 1.165) is 19.5 Å². The van der Waals surface area contributed by atoms with Crippen LogP contribution in [0.4, 0.5) is 0 Å². The Balaban J connectivity index is 2.13. The van der Waals surface area contributed by atoms with E-state index in [1.165, 1.54) is 22.7 Å². The largest absolute Gasteiger partial charge is 0.302 e. The molecule has 0 fully saturated rings. The molecule has 0 saturated carbocycles. The first-order valence-corrected chi connectivity index (χ1v) is 8.56. The second-order valence-electron chi connectivity index (χ2n) is 5.65. The van der Waals surface area contributed by atoms with Crippen molar-refractivity contribution in [2.45, 2.75) is 0 Å². The van der Waals surface area contributed by atoms with Crippen molar-refractivity contribution in [1.29, 1.82) is 0 Å². The maximum absolute atomic E-state index is 12.0. The van der Waals surface area contributed by atoms with Gasteiger partial charge in [-0.2, -0.15) is 0 Å². The Bertz CT molecular complexity index is 613. The molecule has 0 bridgehead atoms. The predicted molar refractivity (Wildman–Crippen MR) is 93.4 cm³/mol. The summed E-state index contributed by atoms with van der Waals surface area (Å²) in [6.45, 7) is 0.827. The molecule has 2 aromatic heterocycles. The lowest BCUT2D eigenvalue weighted by atomic mass is 10.3. The predicted octanol–water partition coefficient (Wildman–Crippen LogP) is 2.97. The molecule has 0 saturated heterocycles. The fourth-order valence-corrected chi connectivity index (χ4v) is 3.93. The van der Waals surface area contributed by atoms with Gasteiger partial charge in [0.25, 0.3) is 0 Å². The van der Waals surface area contributed by atoms with Gasteiger partial charge in [0.2, 0.25) is 0 Å². The Morgan fingerprint density at radius 3 is 1.45 bits per heavy atom. The standard InChI is InChI=1S/C16H20N2O2S2/c1-17(2)9-11(19)13-5-7-15(21-13)16-8-6-14(22-16)12(20)10-18(3)4/h5-8H,9-10H2,1-4H3. The topological polar surface area (TPSA) is 40.6 Å². The zero-order valence-electron chi connectivity index (χ0n) is 13.3. The van der Waals surface area contributed by atoms with Gasteiger partial charge in [0, 0.05) is 9.75 Å². The van der Waals surface area contributed by atoms with Crippen molar-refractivity contribution in [2.75, 3.05) is 41.3 Å². The van der Waals surface area contributed by atoms with Gasteiger partial charge in [0.15, 0.2) is 11.6 Å². The lowest BCUT2D eigenvalue weighted by Crippen LogP contribution is -2.20. The highest BCUT2D eigenvalue weighted by atomic mass is 32.1. The summed E-state index contributed by atoms with van der Waals surface area (Å²) in [5.41, 5.74) is 0. The number of carbonyl (C=O) groups is 2. The van der Waals surface area contributed by atoms with Crippen molar-refractivity contribution in [3.05, 3.63) is 34.0 Å². The van der Waals surface area contributed by atoms with Crippen molar-refractivity contribution >= 4 is 34.2 Å². The molecule has 0 amide bonds. The fourth-order valence-electron chi connectivity index (χ4n) is 1.97. The third-order valence-corrected chi connectivity index (χ3v) is 5.37. The fraction of sp³-hybridized carbons (Fsp3) is 0.375. The minimum Gasteiger partial charge on any atom is -0.302 e. The zero-order valence-corrected chi connectivity index (χ0v) is 14.9. The number of nitrogens with zero attached hydrogens (tertiary/aromatic N) is 2. The maximum Gasteiger partial charge on any atom is 0.186 e. The van der Waals surface area contributed by atoms with Gasteiger partial charge in [0.05, 0.1) is 22.8 Å². The van der Waals surface area contributed by atoms with Crippen molar-refractivity contribution in [2.24, 2.45) is 0 Å². The van der Waals surface area contributed by atoms with Crippen LogP contribution in [0.2, 0.25) is 0 Å². The minimum absolute atomic E-state index is 0.127. The summed E-state index contributed by atoms with van der Waals surface area (Å²) >= 11 is 2.98. The molecule has 22 heavy (non-hydrogen) atoms. The van der Waals surface area contributed by atoms with Crippen LogP contribution in [0, 0.1) is 0 Å². The van der Waals surface area contributed by atoms with Crippen molar-refractivity contribution < 1.29 is 9.59 Å². The molecule has 0 aromatic carbocycles. The zero-order chi connectivity index (χ0) is 16.3. The number of hydrogen-bond donors (Lipinski definition) is 0. The number of thiophene rings is 2. The Morgan fingerprint density at radius 2 is 1.14 bits per heavy atom. The molecule has 0 atom stereocenters. The molecule has 0 aliphatic heterocycles. The summed E-state index contributed by atoms with van der Waals surface area (Å²) in [6.07, 6.45) is 0. The second kappa shape index (κ2) is 7.28. The van der Waals surface area contributed by atoms with Crippen LogP contribution in [0.3, 0.4) is 0 Å². The van der Waals surface area contributed by atoms with Gasteiger partial charge in [-0.15, -0.1) is 22.7 Å². The van der Waals surface area contributed by atoms with E-state index in [-0.39, 0.29) is 11.6 Å². The van der Waals surface area contributed by atoms with Crippen LogP contribution in [0.15, 0.2) is 24.3 Å². The van der Waals surface area contributed by atoms with Crippen LogP contribution in [-0.2, 0) is 0 Å². The van der Waals surface area contributed by atoms with Crippen LogP contribution in [0.1, 0.15) is 19.3 Å². The van der Waals surface area contributed by atoms with Crippen molar-refractivity contribution in [1.82, 2.24) is 9.80 Å². The van der Waals surface area contributed by atoms with Gasteiger partial charge >= 0.3 is 0 Å². The molecule has 0 aliphatic carbocycles. The van der Waals surface area contributed by atoms with Gasteiger partial charge in [0.1, 0.15) is 0 Å². The Hall–Kier alpha value is -1.34. The van der Waals surface area contributed by atoms with E-state index in [2.05, 4.69) is 0 Å². The lowest BCUT2D eigenvalue weighted by Gasteiger charge is -2.06. The number of rotatable bonds is 7. The van der Waals surface area contributed by atoms with Crippen LogP contribution in [0.5, 0.6) is 0 Å². The third-order valence-electron chi connectivity index (χ3n) is 2.92. The summed E-state index contributed by atoms with van der Waals surface area (Å²) < 4.78 is 0.